The first-order valence-corrected chi connectivity index (χ1v) is 28.5. The van der Waals surface area contributed by atoms with Crippen molar-refractivity contribution >= 4 is 13.8 Å². The molecule has 0 aromatic carbocycles. The minimum Gasteiger partial charge on any atom is -0.457 e. The van der Waals surface area contributed by atoms with Gasteiger partial charge < -0.3 is 18.9 Å². The fourth-order valence-corrected chi connectivity index (χ4v) is 7.74. The lowest BCUT2D eigenvalue weighted by atomic mass is 10.1. The van der Waals surface area contributed by atoms with Gasteiger partial charge in [-0.2, -0.15) is 0 Å². The number of allylic oxidation sites excluding steroid dienone is 16. The summed E-state index contributed by atoms with van der Waals surface area (Å²) in [7, 11) is 1.64. The van der Waals surface area contributed by atoms with Crippen LogP contribution in [0.25, 0.3) is 0 Å². The monoisotopic (exact) mass is 957 g/mol. The van der Waals surface area contributed by atoms with E-state index in [0.717, 1.165) is 89.9 Å². The zero-order valence-electron chi connectivity index (χ0n) is 43.9. The molecule has 0 aliphatic rings. The highest BCUT2D eigenvalue weighted by Gasteiger charge is 2.26. The number of likely N-dealkylation sites (N-methyl/N-ethyl adjacent to an activating group) is 1. The number of esters is 1. The van der Waals surface area contributed by atoms with Gasteiger partial charge in [-0.25, -0.2) is 4.57 Å². The number of hydrogen-bond acceptors (Lipinski definition) is 6. The molecule has 9 heteroatoms. The average Bonchev–Trinajstić information content (AvgIpc) is 3.29. The predicted octanol–water partition coefficient (Wildman–Crippen LogP) is 16.9. The molecule has 0 fully saturated rings. The number of phosphoric ester groups is 1. The molecule has 8 nitrogen and oxygen atoms in total. The molecule has 0 radical (unpaired) electrons. The molecule has 2 unspecified atom stereocenters. The Bertz CT molecular complexity index is 1390. The van der Waals surface area contributed by atoms with Gasteiger partial charge in [-0.1, -0.05) is 201 Å². The van der Waals surface area contributed by atoms with Crippen LogP contribution in [0.5, 0.6) is 0 Å². The number of nitrogens with zero attached hydrogens (tertiary/aromatic N) is 1. The second-order valence-corrected chi connectivity index (χ2v) is 20.3. The Morgan fingerprint density at radius 3 is 1.30 bits per heavy atom. The second kappa shape index (κ2) is 49.8. The summed E-state index contributed by atoms with van der Waals surface area (Å²) < 4.78 is 35.2. The standard InChI is InChI=1S/C58H102NO7P/c1-6-8-10-12-14-16-18-20-22-24-26-28-29-30-32-34-36-38-40-42-44-46-48-50-53-63-55-57(56-65-67(61,62)64-54-52-59(3,4)5)66-58(60)51-49-47-45-43-41-39-37-35-33-31-27-25-23-21-19-17-15-13-11-9-7-2/h8,10,14,16,19-22,25-28,30,32,36,38,57H,6-7,9,11-13,15,17-18,23-24,29,31,33-35,37,39-56H2,1-5H3/p+1/b10-8-,16-14-,21-19-,22-20-,27-25-,28-26-,32-30-,38-36-. The molecule has 0 rings (SSSR count). The molecule has 0 aliphatic carbocycles. The van der Waals surface area contributed by atoms with Crippen LogP contribution >= 0.6 is 7.82 Å². The van der Waals surface area contributed by atoms with Gasteiger partial charge >= 0.3 is 13.8 Å². The predicted molar refractivity (Wildman–Crippen MR) is 288 cm³/mol. The minimum atomic E-state index is -4.30. The zero-order valence-corrected chi connectivity index (χ0v) is 44.7. The third-order valence-corrected chi connectivity index (χ3v) is 12.1. The van der Waals surface area contributed by atoms with Crippen molar-refractivity contribution < 1.29 is 37.3 Å². The lowest BCUT2D eigenvalue weighted by Gasteiger charge is -2.24. The van der Waals surface area contributed by atoms with Crippen LogP contribution in [0.4, 0.5) is 0 Å². The van der Waals surface area contributed by atoms with E-state index in [4.69, 9.17) is 18.5 Å². The zero-order chi connectivity index (χ0) is 49.0. The Labute approximate surface area is 413 Å². The van der Waals surface area contributed by atoms with Gasteiger partial charge in [0.15, 0.2) is 0 Å². The van der Waals surface area contributed by atoms with Crippen molar-refractivity contribution in [1.82, 2.24) is 0 Å². The Balaban J connectivity index is 4.21. The first-order chi connectivity index (χ1) is 32.6. The van der Waals surface area contributed by atoms with E-state index in [2.05, 4.69) is 111 Å². The summed E-state index contributed by atoms with van der Waals surface area (Å²) in [6.07, 6.45) is 68.8. The van der Waals surface area contributed by atoms with E-state index in [1.807, 2.05) is 21.1 Å². The second-order valence-electron chi connectivity index (χ2n) is 18.9. The Morgan fingerprint density at radius 1 is 0.478 bits per heavy atom. The van der Waals surface area contributed by atoms with Gasteiger partial charge in [0.1, 0.15) is 19.3 Å². The lowest BCUT2D eigenvalue weighted by molar-refractivity contribution is -0.870. The third-order valence-electron chi connectivity index (χ3n) is 11.1. The number of carbonyl (C=O) groups excluding carboxylic acids is 1. The van der Waals surface area contributed by atoms with E-state index in [1.165, 1.54) is 96.3 Å². The molecule has 0 bridgehead atoms. The summed E-state index contributed by atoms with van der Waals surface area (Å²) in [5.41, 5.74) is 0. The maximum Gasteiger partial charge on any atom is 0.472 e. The van der Waals surface area contributed by atoms with Gasteiger partial charge in [-0.05, 0) is 96.3 Å². The molecule has 386 valence electrons. The van der Waals surface area contributed by atoms with Crippen molar-refractivity contribution in [3.05, 3.63) is 97.2 Å². The lowest BCUT2D eigenvalue weighted by Crippen LogP contribution is -2.37. The Hall–Kier alpha value is -2.58. The average molecular weight is 957 g/mol. The topological polar surface area (TPSA) is 91.3 Å². The number of quaternary nitrogens is 1. The summed E-state index contributed by atoms with van der Waals surface area (Å²) in [5.74, 6) is -0.328. The van der Waals surface area contributed by atoms with Crippen molar-refractivity contribution in [1.29, 1.82) is 0 Å². The van der Waals surface area contributed by atoms with Gasteiger partial charge in [-0.15, -0.1) is 0 Å². The molecule has 0 spiro atoms. The van der Waals surface area contributed by atoms with Crippen molar-refractivity contribution in [3.63, 3.8) is 0 Å². The van der Waals surface area contributed by atoms with Gasteiger partial charge in [-0.3, -0.25) is 13.8 Å². The highest BCUT2D eigenvalue weighted by atomic mass is 31.2. The quantitative estimate of drug-likeness (QED) is 0.0213. The number of rotatable bonds is 49. The maximum absolute atomic E-state index is 12.8. The molecule has 0 amide bonds. The highest BCUT2D eigenvalue weighted by molar-refractivity contribution is 7.47. The molecule has 0 heterocycles. The molecular weight excluding hydrogens is 854 g/mol. The number of ether oxygens (including phenoxy) is 2. The third kappa shape index (κ3) is 54.2. The van der Waals surface area contributed by atoms with Crippen molar-refractivity contribution in [2.24, 2.45) is 0 Å². The van der Waals surface area contributed by atoms with E-state index < -0.39 is 13.9 Å². The number of phosphoric acid groups is 1. The molecule has 1 N–H and O–H groups in total. The summed E-state index contributed by atoms with van der Waals surface area (Å²) in [4.78, 5) is 23.0. The van der Waals surface area contributed by atoms with E-state index in [1.54, 1.807) is 0 Å². The fraction of sp³-hybridized carbons (Fsp3) is 0.707. The van der Waals surface area contributed by atoms with E-state index in [0.29, 0.717) is 24.1 Å². The van der Waals surface area contributed by atoms with Crippen LogP contribution in [0.2, 0.25) is 0 Å². The number of carbonyl (C=O) groups is 1. The first kappa shape index (κ1) is 64.4. The Morgan fingerprint density at radius 2 is 0.866 bits per heavy atom. The normalized spacial score (nSPS) is 14.3. The van der Waals surface area contributed by atoms with Gasteiger partial charge in [0, 0.05) is 13.0 Å². The van der Waals surface area contributed by atoms with Crippen LogP contribution in [0.3, 0.4) is 0 Å². The molecular formula is C58H103NO7P+. The van der Waals surface area contributed by atoms with Crippen molar-refractivity contribution in [2.75, 3.05) is 54.1 Å². The molecule has 0 saturated heterocycles. The summed E-state index contributed by atoms with van der Waals surface area (Å²) in [6, 6.07) is 0. The molecule has 0 aromatic heterocycles. The van der Waals surface area contributed by atoms with Gasteiger partial charge in [0.25, 0.3) is 0 Å². The molecule has 2 atom stereocenters. The first-order valence-electron chi connectivity index (χ1n) is 27.0. The minimum absolute atomic E-state index is 0.0782. The van der Waals surface area contributed by atoms with Crippen molar-refractivity contribution in [3.8, 4) is 0 Å². The summed E-state index contributed by atoms with van der Waals surface area (Å²) in [5, 5.41) is 0. The molecule has 0 aliphatic heterocycles. The van der Waals surface area contributed by atoms with E-state index in [-0.39, 0.29) is 25.8 Å². The maximum atomic E-state index is 12.8. The number of unbranched alkanes of at least 4 members (excludes halogenated alkanes) is 19. The van der Waals surface area contributed by atoms with Gasteiger partial charge in [0.2, 0.25) is 0 Å². The number of hydrogen-bond donors (Lipinski definition) is 1. The van der Waals surface area contributed by atoms with Crippen molar-refractivity contribution in [2.45, 2.75) is 213 Å². The van der Waals surface area contributed by atoms with Crippen LogP contribution in [0.15, 0.2) is 97.2 Å². The largest absolute Gasteiger partial charge is 0.472 e. The smallest absolute Gasteiger partial charge is 0.457 e. The van der Waals surface area contributed by atoms with Crippen LogP contribution in [-0.2, 0) is 27.9 Å². The van der Waals surface area contributed by atoms with Crippen LogP contribution in [0, 0.1) is 0 Å². The SMILES string of the molecule is CC/C=C\C/C=C\C/C=C\C/C=C\C/C=C\C/C=C\CCCCCCCOCC(COP(=O)(O)OCC[N+](C)(C)C)OC(=O)CCCCCCCCCCC/C=C\C/C=C\CCCCCCC. The van der Waals surface area contributed by atoms with Gasteiger partial charge in [0.05, 0.1) is 34.4 Å². The molecule has 67 heavy (non-hydrogen) atoms. The van der Waals surface area contributed by atoms with Crippen LogP contribution in [-0.4, -0.2) is 75.6 Å². The molecule has 0 aromatic rings. The highest BCUT2D eigenvalue weighted by Crippen LogP contribution is 2.43. The molecule has 0 saturated carbocycles. The van der Waals surface area contributed by atoms with Crippen LogP contribution < -0.4 is 0 Å². The summed E-state index contributed by atoms with van der Waals surface area (Å²) >= 11 is 0. The summed E-state index contributed by atoms with van der Waals surface area (Å²) in [6.45, 7) is 5.44. The van der Waals surface area contributed by atoms with E-state index in [9.17, 15) is 14.3 Å². The fourth-order valence-electron chi connectivity index (χ4n) is 7.00. The van der Waals surface area contributed by atoms with Crippen LogP contribution in [0.1, 0.15) is 206 Å². The van der Waals surface area contributed by atoms with E-state index >= 15 is 0 Å². The Kier molecular flexibility index (Phi) is 47.9.